The lowest BCUT2D eigenvalue weighted by Gasteiger charge is -2.40. The number of methoxy groups -OCH3 is 1. The summed E-state index contributed by atoms with van der Waals surface area (Å²) < 4.78 is 35.7. The minimum Gasteiger partial charge on any atom is -0.465 e. The van der Waals surface area contributed by atoms with E-state index in [1.807, 2.05) is 0 Å². The molecule has 1 N–H and O–H groups in total. The second-order valence-electron chi connectivity index (χ2n) is 3.61. The van der Waals surface area contributed by atoms with Crippen molar-refractivity contribution >= 4 is 12.3 Å². The van der Waals surface area contributed by atoms with Crippen LogP contribution in [0, 0.1) is 5.92 Å². The number of esters is 1. The van der Waals surface area contributed by atoms with E-state index in [1.165, 1.54) is 6.92 Å². The van der Waals surface area contributed by atoms with Gasteiger partial charge in [0.05, 0.1) is 13.2 Å². The Morgan fingerprint density at radius 3 is 2.62 bits per heavy atom. The van der Waals surface area contributed by atoms with Crippen molar-refractivity contribution in [3.05, 3.63) is 0 Å². The average molecular weight is 238 g/mol. The van der Waals surface area contributed by atoms with Gasteiger partial charge < -0.3 is 19.4 Å². The molecule has 0 bridgehead atoms. The maximum atomic E-state index is 13.8. The summed E-state index contributed by atoms with van der Waals surface area (Å²) in [5.41, 5.74) is 0. The van der Waals surface area contributed by atoms with Crippen LogP contribution in [-0.4, -0.2) is 48.7 Å². The van der Waals surface area contributed by atoms with Gasteiger partial charge in [0.1, 0.15) is 12.4 Å². The van der Waals surface area contributed by atoms with Crippen LogP contribution in [0.5, 0.6) is 0 Å². The fraction of sp³-hybridized carbons (Fsp3) is 0.778. The summed E-state index contributed by atoms with van der Waals surface area (Å²) in [6.07, 6.45) is -5.60. The molecule has 92 valence electrons. The van der Waals surface area contributed by atoms with Crippen molar-refractivity contribution < 1.29 is 33.0 Å². The van der Waals surface area contributed by atoms with E-state index in [4.69, 9.17) is 0 Å². The molecule has 1 aliphatic heterocycles. The number of hydrogen-bond donors (Lipinski definition) is 1. The molecule has 1 saturated heterocycles. The molecule has 7 heteroatoms. The number of aldehydes is 1. The predicted molar refractivity (Wildman–Crippen MR) is 46.9 cm³/mol. The Balaban J connectivity index is 3.02. The first-order valence-electron chi connectivity index (χ1n) is 4.61. The number of carbonyl (C=O) groups excluding carboxylic acids is 2. The molecule has 16 heavy (non-hydrogen) atoms. The van der Waals surface area contributed by atoms with Gasteiger partial charge in [-0.1, -0.05) is 6.92 Å². The van der Waals surface area contributed by atoms with Crippen molar-refractivity contribution in [3.8, 4) is 0 Å². The molecular weight excluding hydrogens is 226 g/mol. The largest absolute Gasteiger partial charge is 0.465 e. The number of hydrogen-bond acceptors (Lipinski definition) is 5. The maximum Gasteiger partial charge on any atom is 0.375 e. The average Bonchev–Trinajstić information content (AvgIpc) is 2.30. The van der Waals surface area contributed by atoms with E-state index in [0.717, 1.165) is 7.11 Å². The van der Waals surface area contributed by atoms with Crippen molar-refractivity contribution in [1.82, 2.24) is 0 Å². The highest BCUT2D eigenvalue weighted by molar-refractivity contribution is 5.79. The van der Waals surface area contributed by atoms with Crippen molar-refractivity contribution in [1.29, 1.82) is 0 Å². The molecule has 0 saturated carbocycles. The second-order valence-corrected chi connectivity index (χ2v) is 3.61. The van der Waals surface area contributed by atoms with Gasteiger partial charge in [0.25, 0.3) is 0 Å². The summed E-state index contributed by atoms with van der Waals surface area (Å²) in [4.78, 5) is 21.6. The van der Waals surface area contributed by atoms with Crippen LogP contribution in [0.3, 0.4) is 0 Å². The van der Waals surface area contributed by atoms with Gasteiger partial charge in [-0.15, -0.1) is 0 Å². The van der Waals surface area contributed by atoms with Crippen molar-refractivity contribution in [2.24, 2.45) is 5.92 Å². The van der Waals surface area contributed by atoms with E-state index < -0.39 is 36.1 Å². The molecule has 1 fully saturated rings. The monoisotopic (exact) mass is 238 g/mol. The second kappa shape index (κ2) is 4.42. The molecule has 1 rings (SSSR count). The highest BCUT2D eigenvalue weighted by atomic mass is 19.2. The number of aliphatic hydroxyl groups is 1. The zero-order chi connectivity index (χ0) is 12.5. The van der Waals surface area contributed by atoms with Crippen LogP contribution in [0.2, 0.25) is 0 Å². The van der Waals surface area contributed by atoms with Gasteiger partial charge in [0, 0.05) is 5.92 Å². The van der Waals surface area contributed by atoms with Crippen molar-refractivity contribution in [2.45, 2.75) is 31.2 Å². The molecule has 0 amide bonds. The maximum absolute atomic E-state index is 13.8. The SMILES string of the molecule is COC(=O)C1(F)OC(C=O)C(C)C(O)C1F. The van der Waals surface area contributed by atoms with E-state index in [1.54, 1.807) is 0 Å². The van der Waals surface area contributed by atoms with Crippen LogP contribution < -0.4 is 0 Å². The summed E-state index contributed by atoms with van der Waals surface area (Å²) in [6.45, 7) is 1.31. The molecule has 0 aromatic heterocycles. The number of carbonyl (C=O) groups is 2. The third kappa shape index (κ3) is 1.80. The van der Waals surface area contributed by atoms with Crippen LogP contribution in [0.1, 0.15) is 6.92 Å². The number of alkyl halides is 2. The van der Waals surface area contributed by atoms with Gasteiger partial charge in [0.15, 0.2) is 6.17 Å². The van der Waals surface area contributed by atoms with Gasteiger partial charge in [-0.2, -0.15) is 4.39 Å². The Morgan fingerprint density at radius 1 is 1.62 bits per heavy atom. The molecule has 0 spiro atoms. The molecule has 5 atom stereocenters. The van der Waals surface area contributed by atoms with Crippen LogP contribution >= 0.6 is 0 Å². The molecule has 0 aromatic carbocycles. The number of halogens is 2. The van der Waals surface area contributed by atoms with Gasteiger partial charge in [-0.25, -0.2) is 9.18 Å². The lowest BCUT2D eigenvalue weighted by Crippen LogP contribution is -2.61. The van der Waals surface area contributed by atoms with Gasteiger partial charge in [-0.3, -0.25) is 0 Å². The quantitative estimate of drug-likeness (QED) is 0.531. The summed E-state index contributed by atoms with van der Waals surface area (Å²) in [5, 5.41) is 9.37. The molecule has 1 aliphatic rings. The van der Waals surface area contributed by atoms with E-state index in [-0.39, 0.29) is 6.29 Å². The highest BCUT2D eigenvalue weighted by Gasteiger charge is 2.60. The van der Waals surface area contributed by atoms with Crippen LogP contribution in [-0.2, 0) is 19.1 Å². The summed E-state index contributed by atoms with van der Waals surface area (Å²) in [7, 11) is 0.847. The Morgan fingerprint density at radius 2 is 2.19 bits per heavy atom. The molecule has 5 unspecified atom stereocenters. The minimum absolute atomic E-state index is 0.205. The third-order valence-corrected chi connectivity index (χ3v) is 2.62. The molecule has 1 heterocycles. The van der Waals surface area contributed by atoms with Gasteiger partial charge in [0.2, 0.25) is 0 Å². The summed E-state index contributed by atoms with van der Waals surface area (Å²) in [6, 6.07) is 0. The van der Waals surface area contributed by atoms with Crippen LogP contribution in [0.25, 0.3) is 0 Å². The van der Waals surface area contributed by atoms with Gasteiger partial charge in [-0.05, 0) is 0 Å². The Kier molecular flexibility index (Phi) is 3.59. The molecule has 0 aliphatic carbocycles. The van der Waals surface area contributed by atoms with E-state index in [2.05, 4.69) is 9.47 Å². The van der Waals surface area contributed by atoms with E-state index >= 15 is 0 Å². The van der Waals surface area contributed by atoms with Crippen molar-refractivity contribution in [3.63, 3.8) is 0 Å². The van der Waals surface area contributed by atoms with Gasteiger partial charge >= 0.3 is 11.8 Å². The fourth-order valence-corrected chi connectivity index (χ4v) is 1.50. The normalized spacial score (nSPS) is 43.8. The Bertz CT molecular complexity index is 298. The summed E-state index contributed by atoms with van der Waals surface area (Å²) >= 11 is 0. The van der Waals surface area contributed by atoms with Crippen LogP contribution in [0.4, 0.5) is 8.78 Å². The molecule has 0 radical (unpaired) electrons. The zero-order valence-corrected chi connectivity index (χ0v) is 8.72. The first kappa shape index (κ1) is 13.0. The Hall–Kier alpha value is -1.08. The Labute approximate surface area is 90.3 Å². The molecule has 0 aromatic rings. The molecule has 5 nitrogen and oxygen atoms in total. The third-order valence-electron chi connectivity index (χ3n) is 2.62. The lowest BCUT2D eigenvalue weighted by molar-refractivity contribution is -0.275. The lowest BCUT2D eigenvalue weighted by atomic mass is 9.88. The summed E-state index contributed by atoms with van der Waals surface area (Å²) in [5.74, 6) is -5.99. The van der Waals surface area contributed by atoms with E-state index in [9.17, 15) is 23.5 Å². The smallest absolute Gasteiger partial charge is 0.375 e. The molecular formula is C9H12F2O5. The first-order chi connectivity index (χ1) is 7.38. The number of aliphatic hydroxyl groups excluding tert-OH is 1. The fourth-order valence-electron chi connectivity index (χ4n) is 1.50. The predicted octanol–water partition coefficient (Wildman–Crippen LogP) is -0.242. The first-order valence-corrected chi connectivity index (χ1v) is 4.61. The zero-order valence-electron chi connectivity index (χ0n) is 8.72. The number of ether oxygens (including phenoxy) is 2. The topological polar surface area (TPSA) is 72.8 Å². The standard InChI is InChI=1S/C9H12F2O5/c1-4-5(3-12)16-9(11,8(14)15-2)7(10)6(4)13/h3-7,13H,1-2H3. The number of rotatable bonds is 2. The van der Waals surface area contributed by atoms with Crippen LogP contribution in [0.15, 0.2) is 0 Å². The van der Waals surface area contributed by atoms with Crippen molar-refractivity contribution in [2.75, 3.05) is 7.11 Å². The minimum atomic E-state index is -3.44. The van der Waals surface area contributed by atoms with E-state index in [0.29, 0.717) is 0 Å². The highest BCUT2D eigenvalue weighted by Crippen LogP contribution is 2.36.